The van der Waals surface area contributed by atoms with E-state index in [1.165, 1.54) is 7.05 Å². The Morgan fingerprint density at radius 3 is 2.80 bits per heavy atom. The van der Waals surface area contributed by atoms with Crippen LogP contribution in [0.5, 0.6) is 0 Å². The minimum atomic E-state index is 0.818. The summed E-state index contributed by atoms with van der Waals surface area (Å²) in [5.74, 6) is 0. The summed E-state index contributed by atoms with van der Waals surface area (Å²) in [6.07, 6.45) is 1.58. The zero-order valence-electron chi connectivity index (χ0n) is 6.00. The molecule has 0 N–H and O–H groups in total. The molecule has 0 unspecified atom stereocenters. The summed E-state index contributed by atoms with van der Waals surface area (Å²) in [5, 5.41) is 12.5. The van der Waals surface area contributed by atoms with E-state index in [1.807, 2.05) is 18.4 Å². The Labute approximate surface area is 64.0 Å². The lowest BCUT2D eigenvalue weighted by Crippen LogP contribution is -1.96. The van der Waals surface area contributed by atoms with Crippen molar-refractivity contribution in [3.63, 3.8) is 0 Å². The van der Waals surface area contributed by atoms with Crippen LogP contribution in [0.4, 0.5) is 0 Å². The molecule has 3 heteroatoms. The molecule has 0 aliphatic rings. The Kier molecular flexibility index (Phi) is 2.06. The number of thiophene rings is 1. The van der Waals surface area contributed by atoms with Gasteiger partial charge in [0, 0.05) is 0 Å². The Balaban J connectivity index is 2.95. The Morgan fingerprint density at radius 2 is 2.40 bits per heavy atom. The number of hydroxylamine groups is 1. The van der Waals surface area contributed by atoms with Gasteiger partial charge >= 0.3 is 0 Å². The van der Waals surface area contributed by atoms with Gasteiger partial charge in [-0.25, -0.2) is 4.74 Å². The van der Waals surface area contributed by atoms with Gasteiger partial charge in [-0.05, 0) is 23.9 Å². The van der Waals surface area contributed by atoms with Gasteiger partial charge in [-0.3, -0.25) is 0 Å². The monoisotopic (exact) mass is 155 g/mol. The molecule has 0 aliphatic carbocycles. The van der Waals surface area contributed by atoms with Crippen molar-refractivity contribution in [2.45, 2.75) is 6.92 Å². The minimum Gasteiger partial charge on any atom is -0.624 e. The molecule has 0 bridgehead atoms. The predicted octanol–water partition coefficient (Wildman–Crippen LogP) is 1.62. The number of aryl methyl sites for hydroxylation is 1. The molecule has 1 aromatic rings. The molecule has 1 heterocycles. The quantitative estimate of drug-likeness (QED) is 0.262. The van der Waals surface area contributed by atoms with Crippen molar-refractivity contribution in [1.82, 2.24) is 0 Å². The number of hydrogen-bond acceptors (Lipinski definition) is 2. The van der Waals surface area contributed by atoms with Gasteiger partial charge in [-0.15, -0.1) is 11.3 Å². The second-order valence-corrected chi connectivity index (χ2v) is 3.09. The highest BCUT2D eigenvalue weighted by atomic mass is 32.1. The molecule has 0 aliphatic heterocycles. The van der Waals surface area contributed by atoms with Crippen molar-refractivity contribution in [1.29, 1.82) is 0 Å². The third-order valence-corrected chi connectivity index (χ3v) is 2.15. The summed E-state index contributed by atoms with van der Waals surface area (Å²) < 4.78 is 0.818. The summed E-state index contributed by atoms with van der Waals surface area (Å²) in [7, 11) is 1.49. The van der Waals surface area contributed by atoms with Crippen LogP contribution in [0, 0.1) is 12.1 Å². The van der Waals surface area contributed by atoms with Crippen molar-refractivity contribution in [2.75, 3.05) is 7.05 Å². The SMILES string of the molecule is Cc1ccsc1/C=[N+](/C)[O-]. The van der Waals surface area contributed by atoms with Gasteiger partial charge in [0.25, 0.3) is 0 Å². The average Bonchev–Trinajstić information content (AvgIpc) is 2.15. The van der Waals surface area contributed by atoms with Gasteiger partial charge < -0.3 is 5.21 Å². The van der Waals surface area contributed by atoms with E-state index in [9.17, 15) is 5.21 Å². The first kappa shape index (κ1) is 7.28. The van der Waals surface area contributed by atoms with Crippen molar-refractivity contribution in [3.8, 4) is 0 Å². The van der Waals surface area contributed by atoms with Gasteiger partial charge in [0.1, 0.15) is 7.05 Å². The smallest absolute Gasteiger partial charge is 0.191 e. The maximum absolute atomic E-state index is 10.5. The number of nitrogens with zero attached hydrogens (tertiary/aromatic N) is 1. The molecule has 1 rings (SSSR count). The summed E-state index contributed by atoms with van der Waals surface area (Å²) in [6, 6.07) is 2.00. The van der Waals surface area contributed by atoms with E-state index in [-0.39, 0.29) is 0 Å². The van der Waals surface area contributed by atoms with Crippen LogP contribution in [0.25, 0.3) is 0 Å². The van der Waals surface area contributed by atoms with Crippen LogP contribution in [-0.2, 0) is 0 Å². The zero-order valence-corrected chi connectivity index (χ0v) is 6.81. The van der Waals surface area contributed by atoms with Crippen molar-refractivity contribution in [2.24, 2.45) is 0 Å². The number of hydrogen-bond donors (Lipinski definition) is 0. The highest BCUT2D eigenvalue weighted by molar-refractivity contribution is 7.11. The lowest BCUT2D eigenvalue weighted by Gasteiger charge is -1.92. The summed E-state index contributed by atoms with van der Waals surface area (Å²) in [5.41, 5.74) is 1.16. The lowest BCUT2D eigenvalue weighted by atomic mass is 10.3. The van der Waals surface area contributed by atoms with Gasteiger partial charge in [0.15, 0.2) is 6.21 Å². The third-order valence-electron chi connectivity index (χ3n) is 1.20. The van der Waals surface area contributed by atoms with Gasteiger partial charge in [-0.1, -0.05) is 0 Å². The first-order valence-electron chi connectivity index (χ1n) is 2.99. The van der Waals surface area contributed by atoms with Gasteiger partial charge in [-0.2, -0.15) is 0 Å². The minimum absolute atomic E-state index is 0.818. The van der Waals surface area contributed by atoms with E-state index in [0.717, 1.165) is 15.2 Å². The highest BCUT2D eigenvalue weighted by Crippen LogP contribution is 2.11. The van der Waals surface area contributed by atoms with Crippen LogP contribution in [0.15, 0.2) is 11.4 Å². The standard InChI is InChI=1S/C7H9NOS/c1-6-3-4-10-7(6)5-8(2)9/h3-5H,1-2H3/b8-5-. The maximum Gasteiger partial charge on any atom is 0.191 e. The second kappa shape index (κ2) is 2.84. The Hall–Kier alpha value is -0.830. The molecule has 0 aromatic carbocycles. The fourth-order valence-corrected chi connectivity index (χ4v) is 1.56. The van der Waals surface area contributed by atoms with Crippen LogP contribution >= 0.6 is 11.3 Å². The second-order valence-electron chi connectivity index (χ2n) is 2.14. The van der Waals surface area contributed by atoms with Crippen LogP contribution < -0.4 is 0 Å². The molecular formula is C7H9NOS. The van der Waals surface area contributed by atoms with Crippen molar-refractivity contribution < 1.29 is 4.74 Å². The van der Waals surface area contributed by atoms with E-state index in [0.29, 0.717) is 0 Å². The van der Waals surface area contributed by atoms with E-state index >= 15 is 0 Å². The first-order chi connectivity index (χ1) is 4.70. The zero-order chi connectivity index (χ0) is 7.56. The Bertz CT molecular complexity index is 248. The van der Waals surface area contributed by atoms with E-state index in [2.05, 4.69) is 0 Å². The fourth-order valence-electron chi connectivity index (χ4n) is 0.682. The summed E-state index contributed by atoms with van der Waals surface area (Å²) in [4.78, 5) is 1.04. The molecule has 0 saturated carbocycles. The van der Waals surface area contributed by atoms with E-state index < -0.39 is 0 Å². The summed E-state index contributed by atoms with van der Waals surface area (Å²) in [6.45, 7) is 1.99. The Morgan fingerprint density at radius 1 is 1.70 bits per heavy atom. The average molecular weight is 155 g/mol. The topological polar surface area (TPSA) is 26.1 Å². The first-order valence-corrected chi connectivity index (χ1v) is 3.87. The van der Waals surface area contributed by atoms with E-state index in [1.54, 1.807) is 17.6 Å². The van der Waals surface area contributed by atoms with Gasteiger partial charge in [0.2, 0.25) is 0 Å². The molecule has 0 saturated heterocycles. The van der Waals surface area contributed by atoms with Gasteiger partial charge in [0.05, 0.1) is 4.88 Å². The molecule has 2 nitrogen and oxygen atoms in total. The molecule has 1 aromatic heterocycles. The van der Waals surface area contributed by atoms with Crippen LogP contribution in [-0.4, -0.2) is 18.0 Å². The number of rotatable bonds is 1. The fraction of sp³-hybridized carbons (Fsp3) is 0.286. The van der Waals surface area contributed by atoms with Crippen LogP contribution in [0.3, 0.4) is 0 Å². The predicted molar refractivity (Wildman–Crippen MR) is 43.8 cm³/mol. The van der Waals surface area contributed by atoms with Crippen molar-refractivity contribution >= 4 is 17.6 Å². The molecule has 0 spiro atoms. The normalized spacial score (nSPS) is 12.0. The molecule has 54 valence electrons. The van der Waals surface area contributed by atoms with E-state index in [4.69, 9.17) is 0 Å². The van der Waals surface area contributed by atoms with Crippen LogP contribution in [0.1, 0.15) is 10.4 Å². The molecular weight excluding hydrogens is 146 g/mol. The molecule has 0 fully saturated rings. The molecule has 0 amide bonds. The maximum atomic E-state index is 10.5. The summed E-state index contributed by atoms with van der Waals surface area (Å²) >= 11 is 1.58. The third kappa shape index (κ3) is 1.57. The van der Waals surface area contributed by atoms with Crippen LogP contribution in [0.2, 0.25) is 0 Å². The molecule has 10 heavy (non-hydrogen) atoms. The molecule has 0 atom stereocenters. The lowest BCUT2D eigenvalue weighted by molar-refractivity contribution is -0.416. The highest BCUT2D eigenvalue weighted by Gasteiger charge is 1.97. The molecule has 0 radical (unpaired) electrons. The van der Waals surface area contributed by atoms with Crippen molar-refractivity contribution in [3.05, 3.63) is 27.1 Å². The largest absolute Gasteiger partial charge is 0.624 e.